The Morgan fingerprint density at radius 3 is 1.07 bits per heavy atom. The highest BCUT2D eigenvalue weighted by molar-refractivity contribution is 6.29. The number of pyridine rings is 1. The van der Waals surface area contributed by atoms with E-state index in [0.717, 1.165) is 28.2 Å². The van der Waals surface area contributed by atoms with Crippen LogP contribution >= 0.6 is 0 Å². The van der Waals surface area contributed by atoms with Gasteiger partial charge in [0.1, 0.15) is 5.65 Å². The largest absolute Gasteiger partial charge is 0.299 e. The molecule has 9 aromatic carbocycles. The van der Waals surface area contributed by atoms with Crippen LogP contribution in [0.4, 0.5) is 0 Å². The Kier molecular flexibility index (Phi) is 7.21. The Balaban J connectivity index is 1.17. The van der Waals surface area contributed by atoms with Gasteiger partial charge in [-0.1, -0.05) is 188 Å². The third-order valence-electron chi connectivity index (χ3n) is 11.2. The molecule has 0 saturated heterocycles. The molecule has 0 bridgehead atoms. The van der Waals surface area contributed by atoms with Gasteiger partial charge < -0.3 is 0 Å². The summed E-state index contributed by atoms with van der Waals surface area (Å²) < 4.78 is 2.19. The van der Waals surface area contributed by atoms with Crippen molar-refractivity contribution >= 4 is 48.7 Å². The smallest absolute Gasteiger partial charge is 0.137 e. The van der Waals surface area contributed by atoms with E-state index in [4.69, 9.17) is 4.98 Å². The lowest BCUT2D eigenvalue weighted by atomic mass is 9.81. The topological polar surface area (TPSA) is 17.3 Å². The predicted octanol–water partition coefficient (Wildman–Crippen LogP) is 14.3. The molecule has 0 aliphatic heterocycles. The van der Waals surface area contributed by atoms with Crippen molar-refractivity contribution in [2.24, 2.45) is 0 Å². The SMILES string of the molecule is c1ccc(-c2c3ccccc3c(-c3c4ccccc4c(-c4ccc(-c5nc6ccccn6c5-c5ccccc5)cc4)c4ccccc34)c3ccccc23)cc1. The first-order valence-corrected chi connectivity index (χ1v) is 18.9. The van der Waals surface area contributed by atoms with Gasteiger partial charge in [0.25, 0.3) is 0 Å². The molecule has 2 nitrogen and oxygen atoms in total. The van der Waals surface area contributed by atoms with Crippen LogP contribution in [-0.4, -0.2) is 9.38 Å². The quantitative estimate of drug-likeness (QED) is 0.164. The third-order valence-corrected chi connectivity index (χ3v) is 11.2. The average Bonchev–Trinajstić information content (AvgIpc) is 3.65. The van der Waals surface area contributed by atoms with Crippen LogP contribution in [-0.2, 0) is 0 Å². The van der Waals surface area contributed by atoms with Gasteiger partial charge in [0.15, 0.2) is 0 Å². The molecule has 11 aromatic rings. The third kappa shape index (κ3) is 4.92. The molecule has 0 aliphatic carbocycles. The van der Waals surface area contributed by atoms with Crippen molar-refractivity contribution in [3.63, 3.8) is 0 Å². The van der Waals surface area contributed by atoms with Crippen molar-refractivity contribution in [2.75, 3.05) is 0 Å². The molecule has 2 heterocycles. The molecule has 0 unspecified atom stereocenters. The normalized spacial score (nSPS) is 11.6. The highest BCUT2D eigenvalue weighted by Gasteiger charge is 2.23. The van der Waals surface area contributed by atoms with Crippen LogP contribution < -0.4 is 0 Å². The first-order chi connectivity index (χ1) is 27.3. The van der Waals surface area contributed by atoms with E-state index in [1.807, 2.05) is 6.07 Å². The van der Waals surface area contributed by atoms with Gasteiger partial charge in [-0.2, -0.15) is 0 Å². The summed E-state index contributed by atoms with van der Waals surface area (Å²) in [7, 11) is 0. The molecule has 2 aromatic heterocycles. The molecule has 0 radical (unpaired) electrons. The van der Waals surface area contributed by atoms with Crippen molar-refractivity contribution in [1.82, 2.24) is 9.38 Å². The van der Waals surface area contributed by atoms with Crippen LogP contribution in [0.2, 0.25) is 0 Å². The maximum Gasteiger partial charge on any atom is 0.137 e. The second kappa shape index (κ2) is 12.7. The predicted molar refractivity (Wildman–Crippen MR) is 232 cm³/mol. The summed E-state index contributed by atoms with van der Waals surface area (Å²) in [6.45, 7) is 0. The van der Waals surface area contributed by atoms with Gasteiger partial charge in [-0.15, -0.1) is 0 Å². The summed E-state index contributed by atoms with van der Waals surface area (Å²) in [5.41, 5.74) is 12.7. The zero-order valence-corrected chi connectivity index (χ0v) is 30.0. The van der Waals surface area contributed by atoms with Crippen LogP contribution in [0, 0.1) is 0 Å². The number of nitrogens with zero attached hydrogens (tertiary/aromatic N) is 2. The molecule has 11 rings (SSSR count). The summed E-state index contributed by atoms with van der Waals surface area (Å²) in [6.07, 6.45) is 2.10. The highest BCUT2D eigenvalue weighted by atomic mass is 15.0. The lowest BCUT2D eigenvalue weighted by molar-refractivity contribution is 1.19. The van der Waals surface area contributed by atoms with Gasteiger partial charge in [0, 0.05) is 17.3 Å². The van der Waals surface area contributed by atoms with Gasteiger partial charge in [0.2, 0.25) is 0 Å². The van der Waals surface area contributed by atoms with Crippen LogP contribution in [0.1, 0.15) is 0 Å². The number of aromatic nitrogens is 2. The minimum Gasteiger partial charge on any atom is -0.299 e. The zero-order valence-electron chi connectivity index (χ0n) is 30.0. The molecule has 0 N–H and O–H groups in total. The molecular weight excluding hydrogens is 665 g/mol. The van der Waals surface area contributed by atoms with Crippen molar-refractivity contribution < 1.29 is 0 Å². The molecule has 0 atom stereocenters. The van der Waals surface area contributed by atoms with Crippen molar-refractivity contribution in [1.29, 1.82) is 0 Å². The van der Waals surface area contributed by atoms with E-state index in [-0.39, 0.29) is 0 Å². The fourth-order valence-electron chi connectivity index (χ4n) is 8.89. The second-order valence-electron chi connectivity index (χ2n) is 14.2. The number of benzene rings is 9. The number of imidazole rings is 1. The van der Waals surface area contributed by atoms with Crippen LogP contribution in [0.3, 0.4) is 0 Å². The molecule has 0 fully saturated rings. The van der Waals surface area contributed by atoms with E-state index in [9.17, 15) is 0 Å². The Labute approximate surface area is 319 Å². The fourth-order valence-corrected chi connectivity index (χ4v) is 8.89. The van der Waals surface area contributed by atoms with E-state index >= 15 is 0 Å². The Morgan fingerprint density at radius 1 is 0.273 bits per heavy atom. The highest BCUT2D eigenvalue weighted by Crippen LogP contribution is 2.50. The number of rotatable bonds is 5. The Bertz CT molecular complexity index is 3120. The summed E-state index contributed by atoms with van der Waals surface area (Å²) in [4.78, 5) is 5.14. The van der Waals surface area contributed by atoms with E-state index in [1.54, 1.807) is 0 Å². The molecule has 0 amide bonds. The minimum atomic E-state index is 0.935. The summed E-state index contributed by atoms with van der Waals surface area (Å²) in [5, 5.41) is 10.0. The van der Waals surface area contributed by atoms with Crippen molar-refractivity contribution in [3.8, 4) is 55.9 Å². The van der Waals surface area contributed by atoms with E-state index in [2.05, 4.69) is 205 Å². The number of hydrogen-bond acceptors (Lipinski definition) is 1. The minimum absolute atomic E-state index is 0.935. The molecule has 0 saturated carbocycles. The summed E-state index contributed by atoms with van der Waals surface area (Å²) in [6, 6.07) is 72.5. The maximum atomic E-state index is 5.14. The van der Waals surface area contributed by atoms with Gasteiger partial charge in [-0.3, -0.25) is 4.40 Å². The maximum absolute atomic E-state index is 5.14. The number of fused-ring (bicyclic) bond motifs is 5. The zero-order chi connectivity index (χ0) is 36.3. The van der Waals surface area contributed by atoms with E-state index in [0.29, 0.717) is 0 Å². The first kappa shape index (κ1) is 31.3. The van der Waals surface area contributed by atoms with Crippen molar-refractivity contribution in [2.45, 2.75) is 0 Å². The van der Waals surface area contributed by atoms with E-state index in [1.165, 1.54) is 76.5 Å². The van der Waals surface area contributed by atoms with Crippen LogP contribution in [0.25, 0.3) is 105 Å². The van der Waals surface area contributed by atoms with Crippen LogP contribution in [0.15, 0.2) is 206 Å². The van der Waals surface area contributed by atoms with Crippen molar-refractivity contribution in [3.05, 3.63) is 206 Å². The molecular formula is C53H34N2. The Morgan fingerprint density at radius 2 is 0.618 bits per heavy atom. The van der Waals surface area contributed by atoms with Gasteiger partial charge in [-0.25, -0.2) is 4.98 Å². The molecule has 256 valence electrons. The second-order valence-corrected chi connectivity index (χ2v) is 14.2. The fraction of sp³-hybridized carbons (Fsp3) is 0. The summed E-state index contributed by atoms with van der Waals surface area (Å²) >= 11 is 0. The van der Waals surface area contributed by atoms with E-state index < -0.39 is 0 Å². The summed E-state index contributed by atoms with van der Waals surface area (Å²) in [5.74, 6) is 0. The Hall–Kier alpha value is -7.29. The molecule has 0 aliphatic rings. The van der Waals surface area contributed by atoms with Gasteiger partial charge in [-0.05, 0) is 88.6 Å². The average molecular weight is 699 g/mol. The van der Waals surface area contributed by atoms with Gasteiger partial charge >= 0.3 is 0 Å². The monoisotopic (exact) mass is 698 g/mol. The van der Waals surface area contributed by atoms with Crippen LogP contribution in [0.5, 0.6) is 0 Å². The lowest BCUT2D eigenvalue weighted by Crippen LogP contribution is -1.94. The standard InChI is InChI=1S/C53H34N2/c1-3-17-35(18-4-1)48-39-21-7-11-25-43(39)50(44-26-12-8-22-40(44)48)51-45-27-13-9-23-41(45)49(42-24-10-14-28-46(42)51)36-30-32-37(33-31-36)52-53(38-19-5-2-6-20-38)55-34-16-15-29-47(55)54-52/h1-34H. The molecule has 0 spiro atoms. The molecule has 2 heteroatoms. The molecule has 55 heavy (non-hydrogen) atoms. The number of hydrogen-bond donors (Lipinski definition) is 0. The lowest BCUT2D eigenvalue weighted by Gasteiger charge is -2.22. The first-order valence-electron chi connectivity index (χ1n) is 18.9. The van der Waals surface area contributed by atoms with Gasteiger partial charge in [0.05, 0.1) is 11.4 Å².